The maximum Gasteiger partial charge on any atom is 0.125 e. The van der Waals surface area contributed by atoms with E-state index in [1.165, 1.54) is 0 Å². The minimum Gasteiger partial charge on any atom is -0.276 e. The fourth-order valence-corrected chi connectivity index (χ4v) is 0.644. The smallest absolute Gasteiger partial charge is 0.125 e. The lowest BCUT2D eigenvalue weighted by Crippen LogP contribution is -1.87. The number of halogens is 1. The maximum atomic E-state index is 5.68. The van der Waals surface area contributed by atoms with E-state index >= 15 is 0 Å². The van der Waals surface area contributed by atoms with Gasteiger partial charge in [0.1, 0.15) is 5.17 Å². The first-order valence-electron chi connectivity index (χ1n) is 3.01. The van der Waals surface area contributed by atoms with Gasteiger partial charge in [0.05, 0.1) is 0 Å². The van der Waals surface area contributed by atoms with Gasteiger partial charge in [0, 0.05) is 7.05 Å². The molecule has 0 saturated carbocycles. The summed E-state index contributed by atoms with van der Waals surface area (Å²) in [4.78, 5) is 3.82. The molecule has 0 bridgehead atoms. The van der Waals surface area contributed by atoms with Crippen molar-refractivity contribution in [2.75, 3.05) is 7.05 Å². The molecule has 0 aliphatic heterocycles. The molecule has 0 aromatic heterocycles. The van der Waals surface area contributed by atoms with Gasteiger partial charge in [-0.25, -0.2) is 0 Å². The van der Waals surface area contributed by atoms with Crippen LogP contribution in [0.4, 0.5) is 0 Å². The second-order valence-corrected chi connectivity index (χ2v) is 2.17. The van der Waals surface area contributed by atoms with Crippen molar-refractivity contribution >= 4 is 16.8 Å². The predicted octanol–water partition coefficient (Wildman–Crippen LogP) is 2.61. The van der Waals surface area contributed by atoms with Crippen molar-refractivity contribution in [3.8, 4) is 0 Å². The SMILES string of the molecule is CC/C=C(/C)C(Cl)=NC. The van der Waals surface area contributed by atoms with E-state index in [0.29, 0.717) is 5.17 Å². The number of nitrogens with zero attached hydrogens (tertiary/aromatic N) is 1. The van der Waals surface area contributed by atoms with Gasteiger partial charge in [0.15, 0.2) is 0 Å². The van der Waals surface area contributed by atoms with Crippen LogP contribution in [-0.2, 0) is 0 Å². The molecule has 0 spiro atoms. The van der Waals surface area contributed by atoms with Crippen LogP contribution in [-0.4, -0.2) is 12.2 Å². The van der Waals surface area contributed by atoms with Crippen LogP contribution in [0.2, 0.25) is 0 Å². The Bertz CT molecular complexity index is 136. The van der Waals surface area contributed by atoms with Gasteiger partial charge in [0.2, 0.25) is 0 Å². The van der Waals surface area contributed by atoms with Crippen LogP contribution < -0.4 is 0 Å². The molecule has 0 rings (SSSR count). The number of allylic oxidation sites excluding steroid dienone is 2. The van der Waals surface area contributed by atoms with Crippen LogP contribution in [0.5, 0.6) is 0 Å². The molecule has 1 nitrogen and oxygen atoms in total. The van der Waals surface area contributed by atoms with Crippen LogP contribution in [0.3, 0.4) is 0 Å². The third kappa shape index (κ3) is 3.31. The standard InChI is InChI=1S/C7H12ClN/c1-4-5-6(2)7(8)9-3/h5H,4H2,1-3H3/b6-5-,9-7?. The van der Waals surface area contributed by atoms with Crippen molar-refractivity contribution in [2.45, 2.75) is 20.3 Å². The summed E-state index contributed by atoms with van der Waals surface area (Å²) in [6.07, 6.45) is 3.06. The van der Waals surface area contributed by atoms with Crippen molar-refractivity contribution in [1.82, 2.24) is 0 Å². The van der Waals surface area contributed by atoms with Crippen molar-refractivity contribution < 1.29 is 0 Å². The monoisotopic (exact) mass is 145 g/mol. The molecule has 0 atom stereocenters. The van der Waals surface area contributed by atoms with Gasteiger partial charge in [-0.3, -0.25) is 4.99 Å². The molecule has 0 N–H and O–H groups in total. The van der Waals surface area contributed by atoms with E-state index in [1.54, 1.807) is 7.05 Å². The van der Waals surface area contributed by atoms with Crippen molar-refractivity contribution in [3.63, 3.8) is 0 Å². The van der Waals surface area contributed by atoms with Gasteiger partial charge in [-0.05, 0) is 18.9 Å². The summed E-state index contributed by atoms with van der Waals surface area (Å²) in [5.41, 5.74) is 1.06. The summed E-state index contributed by atoms with van der Waals surface area (Å²) in [7, 11) is 1.69. The summed E-state index contributed by atoms with van der Waals surface area (Å²) in [6.45, 7) is 4.03. The molecule has 0 aliphatic carbocycles. The number of hydrogen-bond donors (Lipinski definition) is 0. The summed E-state index contributed by atoms with van der Waals surface area (Å²) in [5, 5.41) is 0.608. The average molecular weight is 146 g/mol. The van der Waals surface area contributed by atoms with Gasteiger partial charge in [0.25, 0.3) is 0 Å². The maximum absolute atomic E-state index is 5.68. The highest BCUT2D eigenvalue weighted by Crippen LogP contribution is 2.01. The lowest BCUT2D eigenvalue weighted by molar-refractivity contribution is 1.20. The Balaban J connectivity index is 4.03. The van der Waals surface area contributed by atoms with E-state index in [9.17, 15) is 0 Å². The minimum absolute atomic E-state index is 0.608. The second kappa shape index (κ2) is 4.57. The molecule has 52 valence electrons. The molecule has 0 heterocycles. The Morgan fingerprint density at radius 3 is 2.56 bits per heavy atom. The van der Waals surface area contributed by atoms with Crippen molar-refractivity contribution in [1.29, 1.82) is 0 Å². The average Bonchev–Trinajstić information content (AvgIpc) is 1.87. The summed E-state index contributed by atoms with van der Waals surface area (Å²) >= 11 is 5.68. The zero-order valence-corrected chi connectivity index (χ0v) is 6.87. The van der Waals surface area contributed by atoms with E-state index < -0.39 is 0 Å². The van der Waals surface area contributed by atoms with Gasteiger partial charge in [-0.1, -0.05) is 24.6 Å². The normalized spacial score (nSPS) is 14.2. The fraction of sp³-hybridized carbons (Fsp3) is 0.571. The van der Waals surface area contributed by atoms with Crippen LogP contribution >= 0.6 is 11.6 Å². The highest BCUT2D eigenvalue weighted by atomic mass is 35.5. The molecular formula is C7H12ClN. The first-order chi connectivity index (χ1) is 4.22. The first kappa shape index (κ1) is 8.70. The quantitative estimate of drug-likeness (QED) is 0.530. The third-order valence-electron chi connectivity index (χ3n) is 1.03. The van der Waals surface area contributed by atoms with E-state index in [2.05, 4.69) is 18.0 Å². The third-order valence-corrected chi connectivity index (χ3v) is 1.50. The van der Waals surface area contributed by atoms with Gasteiger partial charge < -0.3 is 0 Å². The number of aliphatic imine (C=N–C) groups is 1. The van der Waals surface area contributed by atoms with Crippen LogP contribution in [0.15, 0.2) is 16.6 Å². The molecule has 0 aromatic carbocycles. The highest BCUT2D eigenvalue weighted by Gasteiger charge is 1.91. The van der Waals surface area contributed by atoms with Crippen LogP contribution in [0.25, 0.3) is 0 Å². The molecule has 0 amide bonds. The Morgan fingerprint density at radius 1 is 1.67 bits per heavy atom. The minimum atomic E-state index is 0.608. The Hall–Kier alpha value is -0.300. The largest absolute Gasteiger partial charge is 0.276 e. The van der Waals surface area contributed by atoms with Crippen molar-refractivity contribution in [2.24, 2.45) is 4.99 Å². The summed E-state index contributed by atoms with van der Waals surface area (Å²) in [5.74, 6) is 0. The zero-order chi connectivity index (χ0) is 7.28. The van der Waals surface area contributed by atoms with E-state index in [-0.39, 0.29) is 0 Å². The highest BCUT2D eigenvalue weighted by molar-refractivity contribution is 6.69. The van der Waals surface area contributed by atoms with Crippen LogP contribution in [0.1, 0.15) is 20.3 Å². The van der Waals surface area contributed by atoms with Gasteiger partial charge >= 0.3 is 0 Å². The molecule has 2 heteroatoms. The molecule has 0 fully saturated rings. The molecule has 0 radical (unpaired) electrons. The second-order valence-electron chi connectivity index (χ2n) is 1.81. The predicted molar refractivity (Wildman–Crippen MR) is 43.3 cm³/mol. The van der Waals surface area contributed by atoms with Gasteiger partial charge in [-0.15, -0.1) is 0 Å². The molecule has 0 aromatic rings. The molecule has 0 unspecified atom stereocenters. The van der Waals surface area contributed by atoms with E-state index in [0.717, 1.165) is 12.0 Å². The summed E-state index contributed by atoms with van der Waals surface area (Å²) < 4.78 is 0. The van der Waals surface area contributed by atoms with Crippen LogP contribution in [0, 0.1) is 0 Å². The number of hydrogen-bond acceptors (Lipinski definition) is 1. The molecular weight excluding hydrogens is 134 g/mol. The Kier molecular flexibility index (Phi) is 4.41. The van der Waals surface area contributed by atoms with E-state index in [4.69, 9.17) is 11.6 Å². The number of rotatable bonds is 2. The topological polar surface area (TPSA) is 12.4 Å². The van der Waals surface area contributed by atoms with Gasteiger partial charge in [-0.2, -0.15) is 0 Å². The molecule has 9 heavy (non-hydrogen) atoms. The molecule has 0 aliphatic rings. The molecule has 0 saturated heterocycles. The fourth-order valence-electron chi connectivity index (χ4n) is 0.567. The Morgan fingerprint density at radius 2 is 2.22 bits per heavy atom. The zero-order valence-electron chi connectivity index (χ0n) is 6.11. The Labute approximate surface area is 61.4 Å². The lowest BCUT2D eigenvalue weighted by atomic mass is 10.3. The summed E-state index contributed by atoms with van der Waals surface area (Å²) in [6, 6.07) is 0. The van der Waals surface area contributed by atoms with E-state index in [1.807, 2.05) is 6.92 Å². The first-order valence-corrected chi connectivity index (χ1v) is 3.39. The van der Waals surface area contributed by atoms with Crippen molar-refractivity contribution in [3.05, 3.63) is 11.6 Å². The lowest BCUT2D eigenvalue weighted by Gasteiger charge is -1.93.